The first-order chi connectivity index (χ1) is 6.04. The van der Waals surface area contributed by atoms with Crippen molar-refractivity contribution in [2.45, 2.75) is 33.6 Å². The average molecular weight is 248 g/mol. The second-order valence-corrected chi connectivity index (χ2v) is 5.96. The number of hydrogen-bond donors (Lipinski definition) is 0. The summed E-state index contributed by atoms with van der Waals surface area (Å²) in [7, 11) is 0. The van der Waals surface area contributed by atoms with E-state index in [0.29, 0.717) is 5.41 Å². The number of piperidine rings is 1. The number of rotatable bonds is 2. The van der Waals surface area contributed by atoms with E-state index < -0.39 is 0 Å². The summed E-state index contributed by atoms with van der Waals surface area (Å²) in [5, 5.41) is 1.12. The van der Waals surface area contributed by atoms with Crippen LogP contribution < -0.4 is 0 Å². The van der Waals surface area contributed by atoms with Crippen LogP contribution in [-0.4, -0.2) is 29.9 Å². The first-order valence-corrected chi connectivity index (χ1v) is 6.44. The number of halogens is 1. The molecule has 78 valence electrons. The molecule has 0 aromatic heterocycles. The van der Waals surface area contributed by atoms with Crippen LogP contribution in [-0.2, 0) is 0 Å². The summed E-state index contributed by atoms with van der Waals surface area (Å²) in [6, 6.07) is 0. The highest BCUT2D eigenvalue weighted by Gasteiger charge is 2.28. The zero-order chi connectivity index (χ0) is 9.90. The number of alkyl halides is 1. The summed E-state index contributed by atoms with van der Waals surface area (Å²) >= 11 is 3.50. The molecule has 1 saturated heterocycles. The minimum absolute atomic E-state index is 0.514. The monoisotopic (exact) mass is 247 g/mol. The summed E-state index contributed by atoms with van der Waals surface area (Å²) in [5.41, 5.74) is 0.514. The van der Waals surface area contributed by atoms with Crippen LogP contribution in [0.2, 0.25) is 0 Å². The first-order valence-electron chi connectivity index (χ1n) is 5.32. The molecule has 13 heavy (non-hydrogen) atoms. The fourth-order valence-corrected chi connectivity index (χ4v) is 2.64. The summed E-state index contributed by atoms with van der Waals surface area (Å²) in [5.74, 6) is 0.930. The van der Waals surface area contributed by atoms with Gasteiger partial charge < -0.3 is 4.90 Å². The largest absolute Gasteiger partial charge is 0.302 e. The summed E-state index contributed by atoms with van der Waals surface area (Å²) in [6.07, 6.45) is 2.77. The van der Waals surface area contributed by atoms with Crippen LogP contribution in [0, 0.1) is 11.3 Å². The first kappa shape index (κ1) is 11.5. The fraction of sp³-hybridized carbons (Fsp3) is 1.00. The minimum Gasteiger partial charge on any atom is -0.302 e. The Morgan fingerprint density at radius 3 is 2.15 bits per heavy atom. The van der Waals surface area contributed by atoms with Crippen LogP contribution in [0.1, 0.15) is 33.6 Å². The standard InChI is InChI=1S/C11H22BrN/c1-11(2,3)10-4-7-13(8-5-10)9-6-12/h10H,4-9H2,1-3H3. The van der Waals surface area contributed by atoms with Gasteiger partial charge in [-0.05, 0) is 37.3 Å². The van der Waals surface area contributed by atoms with Crippen molar-refractivity contribution in [1.29, 1.82) is 0 Å². The Bertz CT molecular complexity index is 143. The molecular weight excluding hydrogens is 226 g/mol. The number of likely N-dealkylation sites (tertiary alicyclic amines) is 1. The summed E-state index contributed by atoms with van der Waals surface area (Å²) in [4.78, 5) is 2.57. The summed E-state index contributed by atoms with van der Waals surface area (Å²) < 4.78 is 0. The van der Waals surface area contributed by atoms with E-state index in [0.717, 1.165) is 11.2 Å². The average Bonchev–Trinajstić information content (AvgIpc) is 2.04. The van der Waals surface area contributed by atoms with E-state index in [1.54, 1.807) is 0 Å². The number of nitrogens with zero attached hydrogens (tertiary/aromatic N) is 1. The topological polar surface area (TPSA) is 3.24 Å². The molecule has 0 amide bonds. The molecular formula is C11H22BrN. The normalized spacial score (nSPS) is 22.2. The molecule has 0 aliphatic carbocycles. The minimum atomic E-state index is 0.514. The third-order valence-corrected chi connectivity index (χ3v) is 3.57. The third kappa shape index (κ3) is 3.59. The van der Waals surface area contributed by atoms with Crippen molar-refractivity contribution in [3.05, 3.63) is 0 Å². The Balaban J connectivity index is 2.30. The van der Waals surface area contributed by atoms with Gasteiger partial charge in [0.05, 0.1) is 0 Å². The highest BCUT2D eigenvalue weighted by atomic mass is 79.9. The predicted octanol–water partition coefficient (Wildman–Crippen LogP) is 3.14. The van der Waals surface area contributed by atoms with Crippen LogP contribution in [0.25, 0.3) is 0 Å². The lowest BCUT2D eigenvalue weighted by atomic mass is 9.75. The maximum Gasteiger partial charge on any atom is 0.0159 e. The van der Waals surface area contributed by atoms with Gasteiger partial charge >= 0.3 is 0 Å². The SMILES string of the molecule is CC(C)(C)C1CCN(CCBr)CC1. The van der Waals surface area contributed by atoms with Gasteiger partial charge in [0.2, 0.25) is 0 Å². The lowest BCUT2D eigenvalue weighted by Gasteiger charge is -2.38. The Morgan fingerprint density at radius 2 is 1.77 bits per heavy atom. The van der Waals surface area contributed by atoms with Gasteiger partial charge in [0.1, 0.15) is 0 Å². The molecule has 0 bridgehead atoms. The van der Waals surface area contributed by atoms with E-state index in [2.05, 4.69) is 41.6 Å². The second kappa shape index (κ2) is 4.79. The molecule has 0 aromatic rings. The molecule has 0 radical (unpaired) electrons. The van der Waals surface area contributed by atoms with E-state index in [4.69, 9.17) is 0 Å². The molecule has 0 atom stereocenters. The van der Waals surface area contributed by atoms with E-state index in [9.17, 15) is 0 Å². The fourth-order valence-electron chi connectivity index (χ4n) is 2.14. The highest BCUT2D eigenvalue weighted by molar-refractivity contribution is 9.09. The van der Waals surface area contributed by atoms with Gasteiger partial charge in [-0.1, -0.05) is 36.7 Å². The van der Waals surface area contributed by atoms with Gasteiger partial charge in [0, 0.05) is 11.9 Å². The van der Waals surface area contributed by atoms with Crippen LogP contribution >= 0.6 is 15.9 Å². The second-order valence-electron chi connectivity index (χ2n) is 5.17. The van der Waals surface area contributed by atoms with Crippen LogP contribution in [0.5, 0.6) is 0 Å². The maximum atomic E-state index is 3.50. The molecule has 0 saturated carbocycles. The predicted molar refractivity (Wildman–Crippen MR) is 62.4 cm³/mol. The molecule has 0 aromatic carbocycles. The maximum absolute atomic E-state index is 3.50. The van der Waals surface area contributed by atoms with Crippen molar-refractivity contribution >= 4 is 15.9 Å². The number of hydrogen-bond acceptors (Lipinski definition) is 1. The zero-order valence-corrected chi connectivity index (χ0v) is 10.7. The summed E-state index contributed by atoms with van der Waals surface area (Å²) in [6.45, 7) is 10.9. The molecule has 1 nitrogen and oxygen atoms in total. The molecule has 0 N–H and O–H groups in total. The van der Waals surface area contributed by atoms with Crippen LogP contribution in [0.4, 0.5) is 0 Å². The van der Waals surface area contributed by atoms with E-state index in [1.807, 2.05) is 0 Å². The molecule has 1 rings (SSSR count). The van der Waals surface area contributed by atoms with Crippen molar-refractivity contribution in [1.82, 2.24) is 4.90 Å². The van der Waals surface area contributed by atoms with Gasteiger partial charge in [-0.15, -0.1) is 0 Å². The van der Waals surface area contributed by atoms with Crippen molar-refractivity contribution in [2.24, 2.45) is 11.3 Å². The van der Waals surface area contributed by atoms with Crippen LogP contribution in [0.3, 0.4) is 0 Å². The van der Waals surface area contributed by atoms with Crippen molar-refractivity contribution in [3.63, 3.8) is 0 Å². The van der Waals surface area contributed by atoms with Crippen molar-refractivity contribution in [2.75, 3.05) is 25.0 Å². The lowest BCUT2D eigenvalue weighted by molar-refractivity contribution is 0.117. The third-order valence-electron chi connectivity index (χ3n) is 3.21. The lowest BCUT2D eigenvalue weighted by Crippen LogP contribution is -2.38. The molecule has 0 unspecified atom stereocenters. The van der Waals surface area contributed by atoms with Crippen molar-refractivity contribution < 1.29 is 0 Å². The Hall–Kier alpha value is 0.440. The smallest absolute Gasteiger partial charge is 0.0159 e. The Morgan fingerprint density at radius 1 is 1.23 bits per heavy atom. The molecule has 0 spiro atoms. The molecule has 1 aliphatic rings. The Labute approximate surface area is 91.0 Å². The van der Waals surface area contributed by atoms with Gasteiger partial charge in [-0.25, -0.2) is 0 Å². The van der Waals surface area contributed by atoms with Crippen molar-refractivity contribution in [3.8, 4) is 0 Å². The quantitative estimate of drug-likeness (QED) is 0.678. The van der Waals surface area contributed by atoms with Gasteiger partial charge in [0.25, 0.3) is 0 Å². The molecule has 1 heterocycles. The molecule has 2 heteroatoms. The van der Waals surface area contributed by atoms with E-state index in [-0.39, 0.29) is 0 Å². The van der Waals surface area contributed by atoms with Crippen LogP contribution in [0.15, 0.2) is 0 Å². The van der Waals surface area contributed by atoms with E-state index in [1.165, 1.54) is 32.5 Å². The van der Waals surface area contributed by atoms with Gasteiger partial charge in [0.15, 0.2) is 0 Å². The highest BCUT2D eigenvalue weighted by Crippen LogP contribution is 2.34. The zero-order valence-electron chi connectivity index (χ0n) is 9.15. The van der Waals surface area contributed by atoms with Gasteiger partial charge in [-0.2, -0.15) is 0 Å². The van der Waals surface area contributed by atoms with E-state index >= 15 is 0 Å². The molecule has 1 fully saturated rings. The van der Waals surface area contributed by atoms with Gasteiger partial charge in [-0.3, -0.25) is 0 Å². The molecule has 1 aliphatic heterocycles. The Kier molecular flexibility index (Phi) is 4.24.